The summed E-state index contributed by atoms with van der Waals surface area (Å²) in [4.78, 5) is 33.9. The zero-order valence-electron chi connectivity index (χ0n) is 14.9. The number of hydrogen-bond donors (Lipinski definition) is 0. The van der Waals surface area contributed by atoms with Crippen LogP contribution in [0.15, 0.2) is 28.9 Å². The van der Waals surface area contributed by atoms with Gasteiger partial charge in [0.15, 0.2) is 5.89 Å². The third-order valence-corrected chi connectivity index (χ3v) is 4.47. The van der Waals surface area contributed by atoms with Gasteiger partial charge in [-0.05, 0) is 24.5 Å². The average Bonchev–Trinajstić information content (AvgIpc) is 3.09. The van der Waals surface area contributed by atoms with E-state index in [1.165, 1.54) is 7.11 Å². The van der Waals surface area contributed by atoms with E-state index >= 15 is 0 Å². The predicted molar refractivity (Wildman–Crippen MR) is 93.1 cm³/mol. The van der Waals surface area contributed by atoms with Crippen LogP contribution >= 0.6 is 0 Å². The molecule has 3 heterocycles. The third kappa shape index (κ3) is 4.68. The number of fused-ring (bicyclic) bond motifs is 1. The van der Waals surface area contributed by atoms with Crippen LogP contribution in [0.3, 0.4) is 0 Å². The van der Waals surface area contributed by atoms with Crippen LogP contribution < -0.4 is 0 Å². The second-order valence-corrected chi connectivity index (χ2v) is 6.33. The lowest BCUT2D eigenvalue weighted by Gasteiger charge is -2.25. The minimum absolute atomic E-state index is 0.0412. The lowest BCUT2D eigenvalue weighted by Crippen LogP contribution is -2.35. The van der Waals surface area contributed by atoms with Gasteiger partial charge >= 0.3 is 5.97 Å². The molecule has 0 aliphatic carbocycles. The van der Waals surface area contributed by atoms with E-state index in [0.29, 0.717) is 44.7 Å². The summed E-state index contributed by atoms with van der Waals surface area (Å²) in [5, 5.41) is 0. The highest BCUT2D eigenvalue weighted by Gasteiger charge is 2.25. The number of ether oxygens (including phenoxy) is 1. The quantitative estimate of drug-likeness (QED) is 0.705. The van der Waals surface area contributed by atoms with Gasteiger partial charge in [0.1, 0.15) is 11.5 Å². The van der Waals surface area contributed by atoms with Crippen LogP contribution in [0.5, 0.6) is 0 Å². The van der Waals surface area contributed by atoms with Crippen molar-refractivity contribution in [2.75, 3.05) is 13.7 Å². The maximum absolute atomic E-state index is 12.3. The molecule has 0 radical (unpaired) electrons. The van der Waals surface area contributed by atoms with Crippen molar-refractivity contribution in [3.8, 4) is 0 Å². The minimum Gasteiger partial charge on any atom is -0.469 e. The topological polar surface area (TPSA) is 85.5 Å². The van der Waals surface area contributed by atoms with Gasteiger partial charge in [0.25, 0.3) is 0 Å². The number of aryl methyl sites for hydroxylation is 2. The van der Waals surface area contributed by atoms with Gasteiger partial charge in [-0.1, -0.05) is 6.07 Å². The van der Waals surface area contributed by atoms with Crippen molar-refractivity contribution in [2.24, 2.45) is 0 Å². The van der Waals surface area contributed by atoms with Crippen LogP contribution in [0.25, 0.3) is 0 Å². The van der Waals surface area contributed by atoms with Crippen molar-refractivity contribution < 1.29 is 18.7 Å². The van der Waals surface area contributed by atoms with Crippen LogP contribution in [0.1, 0.15) is 42.2 Å². The number of esters is 1. The zero-order valence-corrected chi connectivity index (χ0v) is 14.9. The van der Waals surface area contributed by atoms with E-state index in [4.69, 9.17) is 4.42 Å². The smallest absolute Gasteiger partial charge is 0.305 e. The fraction of sp³-hybridized carbons (Fsp3) is 0.474. The molecule has 0 unspecified atom stereocenters. The molecule has 1 amide bonds. The van der Waals surface area contributed by atoms with E-state index in [9.17, 15) is 9.59 Å². The predicted octanol–water partition coefficient (Wildman–Crippen LogP) is 2.08. The van der Waals surface area contributed by atoms with Crippen molar-refractivity contribution in [1.82, 2.24) is 14.9 Å². The second kappa shape index (κ2) is 8.60. The van der Waals surface area contributed by atoms with Crippen molar-refractivity contribution in [1.29, 1.82) is 0 Å². The second-order valence-electron chi connectivity index (χ2n) is 6.33. The summed E-state index contributed by atoms with van der Waals surface area (Å²) in [5.41, 5.74) is 1.99. The molecule has 3 rings (SSSR count). The van der Waals surface area contributed by atoms with Crippen LogP contribution in [-0.4, -0.2) is 40.4 Å². The molecule has 2 aromatic rings. The maximum atomic E-state index is 12.3. The molecule has 0 aromatic carbocycles. The average molecular weight is 357 g/mol. The molecule has 2 aromatic heterocycles. The summed E-state index contributed by atoms with van der Waals surface area (Å²) in [6, 6.07) is 3.95. The highest BCUT2D eigenvalue weighted by molar-refractivity contribution is 5.77. The number of carbonyl (C=O) groups excluding carboxylic acids is 2. The first-order valence-electron chi connectivity index (χ1n) is 8.86. The van der Waals surface area contributed by atoms with Crippen LogP contribution in [-0.2, 0) is 40.1 Å². The molecule has 0 atom stereocenters. The van der Waals surface area contributed by atoms with Crippen molar-refractivity contribution in [3.05, 3.63) is 47.4 Å². The fourth-order valence-electron chi connectivity index (χ4n) is 3.01. The number of rotatable bonds is 7. The van der Waals surface area contributed by atoms with Gasteiger partial charge in [-0.3, -0.25) is 14.6 Å². The Balaban J connectivity index is 1.51. The molecule has 1 aliphatic rings. The van der Waals surface area contributed by atoms with E-state index in [0.717, 1.165) is 23.4 Å². The Bertz CT molecular complexity index is 757. The number of carbonyl (C=O) groups is 2. The van der Waals surface area contributed by atoms with Crippen molar-refractivity contribution >= 4 is 11.9 Å². The fourth-order valence-corrected chi connectivity index (χ4v) is 3.01. The molecule has 0 bridgehead atoms. The lowest BCUT2D eigenvalue weighted by atomic mass is 10.1. The molecule has 7 nitrogen and oxygen atoms in total. The van der Waals surface area contributed by atoms with Gasteiger partial charge in [-0.15, -0.1) is 0 Å². The van der Waals surface area contributed by atoms with Gasteiger partial charge < -0.3 is 14.1 Å². The van der Waals surface area contributed by atoms with Crippen LogP contribution in [0.4, 0.5) is 0 Å². The number of aromatic nitrogens is 2. The maximum Gasteiger partial charge on any atom is 0.305 e. The highest BCUT2D eigenvalue weighted by Crippen LogP contribution is 2.21. The Kier molecular flexibility index (Phi) is 5.99. The largest absolute Gasteiger partial charge is 0.469 e. The van der Waals surface area contributed by atoms with E-state index in [-0.39, 0.29) is 18.3 Å². The first kappa shape index (κ1) is 18.1. The molecular formula is C19H23N3O4. The summed E-state index contributed by atoms with van der Waals surface area (Å²) in [6.45, 7) is 1.10. The Labute approximate surface area is 152 Å². The minimum atomic E-state index is -0.284. The lowest BCUT2D eigenvalue weighted by molar-refractivity contribution is -0.141. The SMILES string of the molecule is COC(=O)CCCC(=O)N1CCc2oc(CCc3cccnc3)nc2C1. The summed E-state index contributed by atoms with van der Waals surface area (Å²) < 4.78 is 10.4. The molecule has 7 heteroatoms. The number of methoxy groups -OCH3 is 1. The highest BCUT2D eigenvalue weighted by atomic mass is 16.5. The van der Waals surface area contributed by atoms with Crippen LogP contribution in [0, 0.1) is 0 Å². The van der Waals surface area contributed by atoms with E-state index < -0.39 is 0 Å². The Morgan fingerprint density at radius 2 is 2.19 bits per heavy atom. The number of hydrogen-bond acceptors (Lipinski definition) is 6. The van der Waals surface area contributed by atoms with E-state index in [2.05, 4.69) is 14.7 Å². The molecule has 0 saturated heterocycles. The third-order valence-electron chi connectivity index (χ3n) is 4.47. The Hall–Kier alpha value is -2.70. The summed E-state index contributed by atoms with van der Waals surface area (Å²) in [7, 11) is 1.35. The number of oxazole rings is 1. The van der Waals surface area contributed by atoms with Crippen molar-refractivity contribution in [3.63, 3.8) is 0 Å². The standard InChI is InChI=1S/C19H23N3O4/c1-25-19(24)6-2-5-18(23)22-11-9-16-15(13-22)21-17(26-16)8-7-14-4-3-10-20-12-14/h3-4,10,12H,2,5-9,11,13H2,1H3. The molecule has 0 N–H and O–H groups in total. The summed E-state index contributed by atoms with van der Waals surface area (Å²) >= 11 is 0. The van der Waals surface area contributed by atoms with Gasteiger partial charge in [-0.25, -0.2) is 4.98 Å². The van der Waals surface area contributed by atoms with Gasteiger partial charge in [0.2, 0.25) is 5.91 Å². The number of amides is 1. The van der Waals surface area contributed by atoms with Crippen LogP contribution in [0.2, 0.25) is 0 Å². The van der Waals surface area contributed by atoms with Crippen molar-refractivity contribution in [2.45, 2.75) is 45.1 Å². The normalized spacial score (nSPS) is 13.3. The molecule has 1 aliphatic heterocycles. The molecule has 0 spiro atoms. The number of nitrogens with zero attached hydrogens (tertiary/aromatic N) is 3. The monoisotopic (exact) mass is 357 g/mol. The van der Waals surface area contributed by atoms with Gasteiger partial charge in [0.05, 0.1) is 13.7 Å². The van der Waals surface area contributed by atoms with Gasteiger partial charge in [0, 0.05) is 44.6 Å². The Morgan fingerprint density at radius 1 is 1.31 bits per heavy atom. The number of pyridine rings is 1. The summed E-state index contributed by atoms with van der Waals surface area (Å²) in [6.07, 6.45) is 6.93. The molecular weight excluding hydrogens is 334 g/mol. The molecule has 138 valence electrons. The Morgan fingerprint density at radius 3 is 2.96 bits per heavy atom. The van der Waals surface area contributed by atoms with E-state index in [1.807, 2.05) is 18.3 Å². The first-order chi connectivity index (χ1) is 12.7. The first-order valence-corrected chi connectivity index (χ1v) is 8.86. The van der Waals surface area contributed by atoms with E-state index in [1.54, 1.807) is 11.1 Å². The zero-order chi connectivity index (χ0) is 18.4. The molecule has 26 heavy (non-hydrogen) atoms. The molecule has 0 fully saturated rings. The molecule has 0 saturated carbocycles. The van der Waals surface area contributed by atoms with Gasteiger partial charge in [-0.2, -0.15) is 0 Å². The summed E-state index contributed by atoms with van der Waals surface area (Å²) in [5.74, 6) is 1.34.